The third-order valence-electron chi connectivity index (χ3n) is 3.03. The van der Waals surface area contributed by atoms with Crippen LogP contribution in [0, 0.1) is 12.7 Å². The largest absolute Gasteiger partial charge is 0.338 e. The summed E-state index contributed by atoms with van der Waals surface area (Å²) in [6.45, 7) is 2.00. The highest BCUT2D eigenvalue weighted by atomic mass is 19.1. The monoisotopic (exact) mass is 253 g/mol. The molecule has 0 saturated heterocycles. The van der Waals surface area contributed by atoms with Crippen molar-refractivity contribution >= 4 is 22.4 Å². The number of nitrogens with one attached hydrogen (secondary N) is 1. The molecule has 0 aliphatic carbocycles. The van der Waals surface area contributed by atoms with Crippen LogP contribution in [0.1, 0.15) is 5.56 Å². The van der Waals surface area contributed by atoms with Crippen molar-refractivity contribution in [3.63, 3.8) is 0 Å². The number of nitrogens with zero attached hydrogens (tertiary/aromatic N) is 2. The van der Waals surface area contributed by atoms with E-state index in [1.165, 1.54) is 12.1 Å². The molecule has 0 amide bonds. The van der Waals surface area contributed by atoms with Gasteiger partial charge in [-0.05, 0) is 37.3 Å². The van der Waals surface area contributed by atoms with Crippen molar-refractivity contribution < 1.29 is 4.39 Å². The van der Waals surface area contributed by atoms with E-state index in [4.69, 9.17) is 0 Å². The average Bonchev–Trinajstić information content (AvgIpc) is 2.76. The van der Waals surface area contributed by atoms with Gasteiger partial charge in [0.15, 0.2) is 5.82 Å². The molecule has 3 nitrogen and oxygen atoms in total. The first-order valence-corrected chi connectivity index (χ1v) is 5.98. The number of H-pyrrole nitrogens is 1. The highest BCUT2D eigenvalue weighted by Crippen LogP contribution is 2.28. The molecule has 1 aromatic heterocycles. The summed E-state index contributed by atoms with van der Waals surface area (Å²) in [6, 6.07) is 13.9. The highest BCUT2D eigenvalue weighted by Gasteiger charge is 2.05. The molecule has 0 aliphatic heterocycles. The van der Waals surface area contributed by atoms with Gasteiger partial charge in [-0.25, -0.2) is 4.39 Å². The Morgan fingerprint density at radius 1 is 0.947 bits per heavy atom. The Bertz CT molecular complexity index is 742. The lowest BCUT2D eigenvalue weighted by atomic mass is 10.2. The Labute approximate surface area is 109 Å². The second-order valence-electron chi connectivity index (χ2n) is 4.32. The molecule has 0 atom stereocenters. The summed E-state index contributed by atoms with van der Waals surface area (Å²) in [6.07, 6.45) is 0. The minimum atomic E-state index is -0.277. The number of azo groups is 1. The van der Waals surface area contributed by atoms with Gasteiger partial charge in [0.25, 0.3) is 0 Å². The third-order valence-corrected chi connectivity index (χ3v) is 3.03. The molecule has 4 heteroatoms. The summed E-state index contributed by atoms with van der Waals surface area (Å²) < 4.78 is 12.8. The van der Waals surface area contributed by atoms with Gasteiger partial charge in [0.05, 0.1) is 5.69 Å². The number of rotatable bonds is 2. The second kappa shape index (κ2) is 4.65. The first kappa shape index (κ1) is 11.6. The summed E-state index contributed by atoms with van der Waals surface area (Å²) in [5.41, 5.74) is 2.72. The zero-order valence-electron chi connectivity index (χ0n) is 10.4. The number of para-hydroxylation sites is 1. The molecule has 1 N–H and O–H groups in total. The minimum absolute atomic E-state index is 0.277. The van der Waals surface area contributed by atoms with Crippen molar-refractivity contribution in [2.75, 3.05) is 0 Å². The van der Waals surface area contributed by atoms with Crippen LogP contribution in [-0.2, 0) is 0 Å². The van der Waals surface area contributed by atoms with Crippen molar-refractivity contribution in [3.05, 3.63) is 59.9 Å². The van der Waals surface area contributed by atoms with Crippen molar-refractivity contribution in [2.24, 2.45) is 10.2 Å². The van der Waals surface area contributed by atoms with Crippen LogP contribution in [0.2, 0.25) is 0 Å². The Hall–Kier alpha value is -2.49. The van der Waals surface area contributed by atoms with Crippen LogP contribution in [0.15, 0.2) is 58.8 Å². The van der Waals surface area contributed by atoms with Crippen LogP contribution in [0.25, 0.3) is 10.9 Å². The van der Waals surface area contributed by atoms with E-state index in [9.17, 15) is 4.39 Å². The molecule has 0 fully saturated rings. The number of benzene rings is 2. The standard InChI is InChI=1S/C15H12FN3/c1-10-13-4-2-3-5-14(13)17-15(10)19-18-12-8-6-11(16)7-9-12/h2-9,17H,1H3. The first-order chi connectivity index (χ1) is 9.24. The van der Waals surface area contributed by atoms with E-state index in [0.29, 0.717) is 5.69 Å². The van der Waals surface area contributed by atoms with Crippen LogP contribution in [0.5, 0.6) is 0 Å². The van der Waals surface area contributed by atoms with E-state index in [2.05, 4.69) is 15.2 Å². The van der Waals surface area contributed by atoms with Crippen molar-refractivity contribution in [3.8, 4) is 0 Å². The van der Waals surface area contributed by atoms with Crippen LogP contribution < -0.4 is 0 Å². The normalized spacial score (nSPS) is 11.5. The predicted molar refractivity (Wildman–Crippen MR) is 73.6 cm³/mol. The van der Waals surface area contributed by atoms with Crippen molar-refractivity contribution in [1.29, 1.82) is 0 Å². The van der Waals surface area contributed by atoms with Gasteiger partial charge in [0.1, 0.15) is 5.82 Å². The molecule has 0 unspecified atom stereocenters. The fraction of sp³-hybridized carbons (Fsp3) is 0.0667. The molecule has 1 heterocycles. The van der Waals surface area contributed by atoms with Crippen LogP contribution >= 0.6 is 0 Å². The van der Waals surface area contributed by atoms with E-state index in [1.807, 2.05) is 31.2 Å². The molecule has 0 saturated carbocycles. The van der Waals surface area contributed by atoms with Crippen molar-refractivity contribution in [1.82, 2.24) is 4.98 Å². The Morgan fingerprint density at radius 3 is 2.42 bits per heavy atom. The number of aryl methyl sites for hydroxylation is 1. The zero-order valence-corrected chi connectivity index (χ0v) is 10.4. The van der Waals surface area contributed by atoms with Gasteiger partial charge < -0.3 is 4.98 Å². The maximum atomic E-state index is 12.8. The van der Waals surface area contributed by atoms with Crippen LogP contribution in [-0.4, -0.2) is 4.98 Å². The molecule has 94 valence electrons. The van der Waals surface area contributed by atoms with E-state index in [-0.39, 0.29) is 5.82 Å². The third kappa shape index (κ3) is 2.25. The quantitative estimate of drug-likeness (QED) is 0.622. The summed E-state index contributed by atoms with van der Waals surface area (Å²) in [5.74, 6) is 0.450. The van der Waals surface area contributed by atoms with E-state index >= 15 is 0 Å². The molecule has 3 rings (SSSR count). The van der Waals surface area contributed by atoms with Gasteiger partial charge in [0.2, 0.25) is 0 Å². The topological polar surface area (TPSA) is 40.5 Å². The Kier molecular flexibility index (Phi) is 2.83. The molecular formula is C15H12FN3. The SMILES string of the molecule is Cc1c(N=Nc2ccc(F)cc2)[nH]c2ccccc12. The fourth-order valence-corrected chi connectivity index (χ4v) is 1.98. The van der Waals surface area contributed by atoms with E-state index < -0.39 is 0 Å². The molecule has 3 aromatic rings. The van der Waals surface area contributed by atoms with E-state index in [0.717, 1.165) is 22.3 Å². The lowest BCUT2D eigenvalue weighted by Crippen LogP contribution is -1.70. The number of aromatic nitrogens is 1. The molecule has 2 aromatic carbocycles. The number of hydrogen-bond acceptors (Lipinski definition) is 2. The molecule has 0 spiro atoms. The van der Waals surface area contributed by atoms with Gasteiger partial charge in [0, 0.05) is 16.5 Å². The minimum Gasteiger partial charge on any atom is -0.338 e. The number of halogens is 1. The van der Waals surface area contributed by atoms with Crippen molar-refractivity contribution in [2.45, 2.75) is 6.92 Å². The Morgan fingerprint density at radius 2 is 1.68 bits per heavy atom. The zero-order chi connectivity index (χ0) is 13.2. The summed E-state index contributed by atoms with van der Waals surface area (Å²) in [7, 11) is 0. The lowest BCUT2D eigenvalue weighted by Gasteiger charge is -1.92. The second-order valence-corrected chi connectivity index (χ2v) is 4.32. The molecule has 0 radical (unpaired) electrons. The van der Waals surface area contributed by atoms with E-state index in [1.54, 1.807) is 12.1 Å². The summed E-state index contributed by atoms with van der Waals surface area (Å²) in [4.78, 5) is 3.21. The van der Waals surface area contributed by atoms with Gasteiger partial charge >= 0.3 is 0 Å². The average molecular weight is 253 g/mol. The highest BCUT2D eigenvalue weighted by molar-refractivity contribution is 5.87. The van der Waals surface area contributed by atoms with Crippen LogP contribution in [0.3, 0.4) is 0 Å². The van der Waals surface area contributed by atoms with Gasteiger partial charge in [-0.1, -0.05) is 18.2 Å². The smallest absolute Gasteiger partial charge is 0.156 e. The number of hydrogen-bond donors (Lipinski definition) is 1. The number of fused-ring (bicyclic) bond motifs is 1. The Balaban J connectivity index is 1.97. The molecular weight excluding hydrogens is 241 g/mol. The number of aromatic amines is 1. The first-order valence-electron chi connectivity index (χ1n) is 5.98. The summed E-state index contributed by atoms with van der Waals surface area (Å²) in [5, 5.41) is 9.43. The van der Waals surface area contributed by atoms with Crippen LogP contribution in [0.4, 0.5) is 15.9 Å². The predicted octanol–water partition coefficient (Wildman–Crippen LogP) is 5.03. The molecule has 0 bridgehead atoms. The van der Waals surface area contributed by atoms with Gasteiger partial charge in [-0.15, -0.1) is 10.2 Å². The molecule has 19 heavy (non-hydrogen) atoms. The molecule has 0 aliphatic rings. The van der Waals surface area contributed by atoms with Gasteiger partial charge in [-0.2, -0.15) is 0 Å². The van der Waals surface area contributed by atoms with Gasteiger partial charge in [-0.3, -0.25) is 0 Å². The maximum Gasteiger partial charge on any atom is 0.156 e. The maximum absolute atomic E-state index is 12.8. The fourth-order valence-electron chi connectivity index (χ4n) is 1.98. The lowest BCUT2D eigenvalue weighted by molar-refractivity contribution is 0.628. The summed E-state index contributed by atoms with van der Waals surface area (Å²) >= 11 is 0.